The second-order valence-electron chi connectivity index (χ2n) is 6.90. The van der Waals surface area contributed by atoms with Crippen molar-refractivity contribution < 1.29 is 18.9 Å². The molecule has 0 radical (unpaired) electrons. The monoisotopic (exact) mass is 406 g/mol. The van der Waals surface area contributed by atoms with Gasteiger partial charge < -0.3 is 4.90 Å². The Morgan fingerprint density at radius 2 is 2.00 bits per heavy atom. The summed E-state index contributed by atoms with van der Waals surface area (Å²) in [4.78, 5) is 44.8. The molecule has 0 N–H and O–H groups in total. The third-order valence-electron chi connectivity index (χ3n) is 4.84. The van der Waals surface area contributed by atoms with Gasteiger partial charge in [-0.15, -0.1) is 0 Å². The first-order valence-electron chi connectivity index (χ1n) is 9.00. The fourth-order valence-corrected chi connectivity index (χ4v) is 3.37. The smallest absolute Gasteiger partial charge is 0.309 e. The first-order valence-corrected chi connectivity index (χ1v) is 9.00. The molecule has 1 aliphatic heterocycles. The van der Waals surface area contributed by atoms with Crippen molar-refractivity contribution in [2.75, 3.05) is 7.05 Å². The maximum absolute atomic E-state index is 14.6. The summed E-state index contributed by atoms with van der Waals surface area (Å²) in [6.45, 7) is 0.386. The average Bonchev–Trinajstić information content (AvgIpc) is 2.73. The van der Waals surface area contributed by atoms with E-state index >= 15 is 0 Å². The van der Waals surface area contributed by atoms with Crippen LogP contribution in [0.3, 0.4) is 0 Å². The predicted octanol–water partition coefficient (Wildman–Crippen LogP) is 3.19. The van der Waals surface area contributed by atoms with Gasteiger partial charge in [0.25, 0.3) is 5.91 Å². The van der Waals surface area contributed by atoms with E-state index < -0.39 is 28.1 Å². The number of benzene rings is 2. The third-order valence-corrected chi connectivity index (χ3v) is 4.84. The second-order valence-corrected chi connectivity index (χ2v) is 6.90. The average molecular weight is 406 g/mol. The van der Waals surface area contributed by atoms with Crippen LogP contribution in [0.4, 0.5) is 10.1 Å². The van der Waals surface area contributed by atoms with Crippen molar-refractivity contribution in [3.8, 4) is 0 Å². The number of fused-ring (bicyclic) bond motifs is 3. The van der Waals surface area contributed by atoms with Crippen LogP contribution in [0.5, 0.6) is 0 Å². The summed E-state index contributed by atoms with van der Waals surface area (Å²) >= 11 is 0. The summed E-state index contributed by atoms with van der Waals surface area (Å²) in [5.74, 6) is -2.22. The molecule has 4 rings (SSSR count). The Morgan fingerprint density at radius 1 is 1.27 bits per heavy atom. The number of pyridine rings is 1. The Morgan fingerprint density at radius 3 is 2.70 bits per heavy atom. The number of aromatic nitrogens is 1. The number of ketones is 1. The second kappa shape index (κ2) is 7.43. The third kappa shape index (κ3) is 3.30. The minimum Gasteiger partial charge on any atom is -0.337 e. The molecule has 1 aliphatic rings. The van der Waals surface area contributed by atoms with Gasteiger partial charge in [-0.3, -0.25) is 29.7 Å². The van der Waals surface area contributed by atoms with Gasteiger partial charge in [0.2, 0.25) is 5.78 Å². The zero-order chi connectivity index (χ0) is 21.4. The van der Waals surface area contributed by atoms with E-state index in [1.165, 1.54) is 17.2 Å². The van der Waals surface area contributed by atoms with Crippen molar-refractivity contribution in [1.82, 2.24) is 9.88 Å². The number of Topliss-reactive ketones (excluding diaryl/α,β-unsaturated/α-hetero) is 1. The van der Waals surface area contributed by atoms with E-state index in [1.807, 2.05) is 30.3 Å². The number of carbonyl (C=O) groups excluding carboxylic acids is 2. The molecule has 1 unspecified atom stereocenters. The van der Waals surface area contributed by atoms with Crippen LogP contribution in [0.1, 0.15) is 26.3 Å². The molecule has 2 aromatic carbocycles. The standard InChI is InChI=1S/C21H15FN4O4/c1-25(11-12-5-3-2-4-6-12)21(28)14-7-13-8-15(22)17-19(18(13)23-9-14)24-10-16(20(17)27)26(29)30/h2-10,16H,11H2,1H3. The number of amides is 1. The van der Waals surface area contributed by atoms with Crippen molar-refractivity contribution in [2.45, 2.75) is 12.6 Å². The van der Waals surface area contributed by atoms with Crippen LogP contribution in [0.15, 0.2) is 53.7 Å². The van der Waals surface area contributed by atoms with Crippen molar-refractivity contribution in [1.29, 1.82) is 0 Å². The quantitative estimate of drug-likeness (QED) is 0.489. The van der Waals surface area contributed by atoms with Gasteiger partial charge in [0, 0.05) is 30.1 Å². The lowest BCUT2D eigenvalue weighted by Gasteiger charge is -2.18. The molecule has 0 bridgehead atoms. The Hall–Kier alpha value is -4.01. The summed E-state index contributed by atoms with van der Waals surface area (Å²) in [6.07, 6.45) is 2.20. The number of nitrogens with zero attached hydrogens (tertiary/aromatic N) is 4. The maximum atomic E-state index is 14.6. The van der Waals surface area contributed by atoms with Crippen LogP contribution in [0.25, 0.3) is 10.9 Å². The lowest BCUT2D eigenvalue weighted by molar-refractivity contribution is -0.485. The molecule has 3 aromatic rings. The fraction of sp³-hybridized carbons (Fsp3) is 0.143. The van der Waals surface area contributed by atoms with Crippen LogP contribution >= 0.6 is 0 Å². The molecule has 1 aromatic heterocycles. The fourth-order valence-electron chi connectivity index (χ4n) is 3.37. The van der Waals surface area contributed by atoms with Crippen LogP contribution in [-0.2, 0) is 6.54 Å². The van der Waals surface area contributed by atoms with Crippen molar-refractivity contribution in [3.05, 3.63) is 81.3 Å². The highest BCUT2D eigenvalue weighted by Gasteiger charge is 2.37. The number of carbonyl (C=O) groups is 2. The molecule has 0 saturated carbocycles. The minimum absolute atomic E-state index is 0.0651. The Labute approximate surface area is 169 Å². The van der Waals surface area contributed by atoms with Gasteiger partial charge in [-0.25, -0.2) is 4.39 Å². The molecule has 0 aliphatic carbocycles. The Balaban J connectivity index is 1.70. The summed E-state index contributed by atoms with van der Waals surface area (Å²) < 4.78 is 14.6. The first kappa shape index (κ1) is 19.3. The molecule has 1 atom stereocenters. The number of halogens is 1. The van der Waals surface area contributed by atoms with E-state index in [2.05, 4.69) is 9.98 Å². The van der Waals surface area contributed by atoms with Gasteiger partial charge in [0.1, 0.15) is 11.5 Å². The molecule has 150 valence electrons. The van der Waals surface area contributed by atoms with Crippen LogP contribution in [0, 0.1) is 15.9 Å². The van der Waals surface area contributed by atoms with Gasteiger partial charge in [0.15, 0.2) is 0 Å². The summed E-state index contributed by atoms with van der Waals surface area (Å²) in [7, 11) is 1.65. The lowest BCUT2D eigenvalue weighted by Crippen LogP contribution is -2.33. The lowest BCUT2D eigenvalue weighted by atomic mass is 9.97. The van der Waals surface area contributed by atoms with E-state index in [0.717, 1.165) is 17.8 Å². The van der Waals surface area contributed by atoms with Crippen LogP contribution < -0.4 is 0 Å². The first-order chi connectivity index (χ1) is 14.4. The highest BCUT2D eigenvalue weighted by molar-refractivity contribution is 6.18. The van der Waals surface area contributed by atoms with Gasteiger partial charge in [-0.05, 0) is 17.7 Å². The molecular weight excluding hydrogens is 391 g/mol. The van der Waals surface area contributed by atoms with E-state index in [4.69, 9.17) is 0 Å². The van der Waals surface area contributed by atoms with Crippen LogP contribution in [0.2, 0.25) is 0 Å². The highest BCUT2D eigenvalue weighted by Crippen LogP contribution is 2.34. The topological polar surface area (TPSA) is 106 Å². The predicted molar refractivity (Wildman–Crippen MR) is 107 cm³/mol. The number of rotatable bonds is 4. The molecule has 2 heterocycles. The van der Waals surface area contributed by atoms with Gasteiger partial charge in [0.05, 0.1) is 22.9 Å². The number of nitro groups is 1. The molecule has 1 amide bonds. The highest BCUT2D eigenvalue weighted by atomic mass is 19.1. The molecule has 0 saturated heterocycles. The summed E-state index contributed by atoms with van der Waals surface area (Å²) in [6, 6.07) is 10.2. The number of aliphatic imine (C=N–C) groups is 1. The Bertz CT molecular complexity index is 1230. The number of hydrogen-bond donors (Lipinski definition) is 0. The van der Waals surface area contributed by atoms with Crippen LogP contribution in [-0.4, -0.2) is 45.8 Å². The van der Waals surface area contributed by atoms with E-state index in [1.54, 1.807) is 7.05 Å². The number of hydrogen-bond acceptors (Lipinski definition) is 6. The molecule has 30 heavy (non-hydrogen) atoms. The van der Waals surface area contributed by atoms with Gasteiger partial charge >= 0.3 is 6.04 Å². The molecular formula is C21H15FN4O4. The molecule has 9 heteroatoms. The molecule has 0 spiro atoms. The van der Waals surface area contributed by atoms with Crippen molar-refractivity contribution in [2.24, 2.45) is 4.99 Å². The summed E-state index contributed by atoms with van der Waals surface area (Å²) in [5, 5.41) is 11.3. The zero-order valence-corrected chi connectivity index (χ0v) is 15.8. The van der Waals surface area contributed by atoms with E-state index in [9.17, 15) is 24.1 Å². The minimum atomic E-state index is -1.73. The van der Waals surface area contributed by atoms with Crippen molar-refractivity contribution >= 4 is 34.5 Å². The van der Waals surface area contributed by atoms with E-state index in [-0.39, 0.29) is 28.1 Å². The maximum Gasteiger partial charge on any atom is 0.309 e. The Kier molecular flexibility index (Phi) is 4.78. The van der Waals surface area contributed by atoms with E-state index in [0.29, 0.717) is 6.54 Å². The largest absolute Gasteiger partial charge is 0.337 e. The van der Waals surface area contributed by atoms with Gasteiger partial charge in [-0.1, -0.05) is 30.3 Å². The normalized spacial score (nSPS) is 15.1. The van der Waals surface area contributed by atoms with Crippen molar-refractivity contribution in [3.63, 3.8) is 0 Å². The SMILES string of the molecule is CN(Cc1ccccc1)C(=O)c1cnc2c3c(c(F)cc2c1)C(=O)C([N+](=O)[O-])C=N3. The molecule has 8 nitrogen and oxygen atoms in total. The summed E-state index contributed by atoms with van der Waals surface area (Å²) in [5.41, 5.74) is 0.870. The zero-order valence-electron chi connectivity index (χ0n) is 15.8. The van der Waals surface area contributed by atoms with Gasteiger partial charge in [-0.2, -0.15) is 0 Å². The molecule has 0 fully saturated rings.